The van der Waals surface area contributed by atoms with Crippen LogP contribution in [0.15, 0.2) is 206 Å². The molecule has 1 aliphatic rings. The second kappa shape index (κ2) is 13.9. The van der Waals surface area contributed by atoms with Crippen LogP contribution in [0.1, 0.15) is 18.4 Å². The van der Waals surface area contributed by atoms with E-state index in [4.69, 9.17) is 0 Å². The van der Waals surface area contributed by atoms with Gasteiger partial charge in [0.25, 0.3) is 0 Å². The molecule has 0 amide bonds. The van der Waals surface area contributed by atoms with E-state index >= 15 is 0 Å². The van der Waals surface area contributed by atoms with E-state index in [2.05, 4.69) is 216 Å². The summed E-state index contributed by atoms with van der Waals surface area (Å²) < 4.78 is 0. The first kappa shape index (κ1) is 31.3. The Hall–Kier alpha value is -6.64. The molecule has 0 heterocycles. The van der Waals surface area contributed by atoms with Gasteiger partial charge in [0.2, 0.25) is 0 Å². The Morgan fingerprint density at radius 3 is 1.17 bits per heavy atom. The predicted molar refractivity (Wildman–Crippen MR) is 223 cm³/mol. The molecule has 0 unspecified atom stereocenters. The molecule has 8 aromatic carbocycles. The van der Waals surface area contributed by atoms with Crippen molar-refractivity contribution in [3.8, 4) is 11.1 Å². The van der Waals surface area contributed by atoms with Crippen molar-refractivity contribution in [3.63, 3.8) is 0 Å². The Morgan fingerprint density at radius 2 is 0.712 bits per heavy atom. The van der Waals surface area contributed by atoms with Gasteiger partial charge in [-0.3, -0.25) is 0 Å². The first-order valence-electron chi connectivity index (χ1n) is 18.1. The standard InChI is InChI=1S/C50H38N2/c1-5-17-37(18-6-1)39-29-33-43(34-30-39)51(41-21-9-3-10-22-41)49-47-27-15-13-25-45(47)46-26-14-16-28-48(46)50(49)52(42-23-11-4-12-24-42)44-35-31-40(32-36-44)38-19-7-2-8-20-38/h1-7,9-19,21-36H,8,20H2. The highest BCUT2D eigenvalue weighted by atomic mass is 15.2. The number of allylic oxidation sites excluding steroid dienone is 4. The zero-order valence-electron chi connectivity index (χ0n) is 28.9. The molecule has 0 aromatic heterocycles. The molecular formula is C50H38N2. The Bertz CT molecular complexity index is 2530. The van der Waals surface area contributed by atoms with Crippen molar-refractivity contribution in [2.75, 3.05) is 9.80 Å². The fourth-order valence-corrected chi connectivity index (χ4v) is 7.63. The SMILES string of the molecule is C1=CCCC(c2ccc(N(c3ccccc3)c3c(N(c4ccccc4)c4ccc(-c5ccccc5)cc4)c4ccccc4c4ccccc34)cc2)=C1. The lowest BCUT2D eigenvalue weighted by Crippen LogP contribution is -2.18. The van der Waals surface area contributed by atoms with Crippen LogP contribution >= 0.6 is 0 Å². The normalized spacial score (nSPS) is 12.5. The van der Waals surface area contributed by atoms with Crippen LogP contribution in [0.5, 0.6) is 0 Å². The zero-order chi connectivity index (χ0) is 34.7. The molecule has 0 saturated heterocycles. The molecule has 0 radical (unpaired) electrons. The molecule has 0 spiro atoms. The first-order valence-corrected chi connectivity index (χ1v) is 18.1. The van der Waals surface area contributed by atoms with Gasteiger partial charge in [0.15, 0.2) is 0 Å². The van der Waals surface area contributed by atoms with E-state index in [-0.39, 0.29) is 0 Å². The lowest BCUT2D eigenvalue weighted by atomic mass is 9.94. The molecule has 0 aliphatic heterocycles. The number of para-hydroxylation sites is 2. The number of rotatable bonds is 8. The third-order valence-electron chi connectivity index (χ3n) is 10.1. The highest BCUT2D eigenvalue weighted by Gasteiger charge is 2.27. The smallest absolute Gasteiger partial charge is 0.0788 e. The van der Waals surface area contributed by atoms with Crippen LogP contribution in [0.3, 0.4) is 0 Å². The number of hydrogen-bond acceptors (Lipinski definition) is 2. The Balaban J connectivity index is 1.35. The number of hydrogen-bond donors (Lipinski definition) is 0. The van der Waals surface area contributed by atoms with E-state index in [1.165, 1.54) is 43.8 Å². The summed E-state index contributed by atoms with van der Waals surface area (Å²) in [6.45, 7) is 0. The molecule has 8 aromatic rings. The van der Waals surface area contributed by atoms with E-state index in [1.807, 2.05) is 0 Å². The van der Waals surface area contributed by atoms with Crippen molar-refractivity contribution in [1.29, 1.82) is 0 Å². The third kappa shape index (κ3) is 5.85. The molecule has 0 saturated carbocycles. The number of fused-ring (bicyclic) bond motifs is 3. The molecule has 0 bridgehead atoms. The van der Waals surface area contributed by atoms with Gasteiger partial charge in [-0.1, -0.05) is 158 Å². The van der Waals surface area contributed by atoms with Crippen LogP contribution in [0.4, 0.5) is 34.1 Å². The first-order chi connectivity index (χ1) is 25.8. The molecule has 2 nitrogen and oxygen atoms in total. The second-order valence-corrected chi connectivity index (χ2v) is 13.2. The summed E-state index contributed by atoms with van der Waals surface area (Å²) >= 11 is 0. The van der Waals surface area contributed by atoms with Gasteiger partial charge in [0.1, 0.15) is 0 Å². The van der Waals surface area contributed by atoms with Crippen molar-refractivity contribution >= 4 is 61.2 Å². The average molecular weight is 667 g/mol. The highest BCUT2D eigenvalue weighted by Crippen LogP contribution is 2.53. The quantitative estimate of drug-likeness (QED) is 0.118. The predicted octanol–water partition coefficient (Wildman–Crippen LogP) is 14.3. The van der Waals surface area contributed by atoms with Crippen LogP contribution in [-0.2, 0) is 0 Å². The Kier molecular flexibility index (Phi) is 8.40. The lowest BCUT2D eigenvalue weighted by Gasteiger charge is -2.35. The van der Waals surface area contributed by atoms with Crippen LogP contribution < -0.4 is 9.80 Å². The van der Waals surface area contributed by atoms with E-state index in [1.54, 1.807) is 0 Å². The van der Waals surface area contributed by atoms with Gasteiger partial charge in [-0.25, -0.2) is 0 Å². The fourth-order valence-electron chi connectivity index (χ4n) is 7.63. The highest BCUT2D eigenvalue weighted by molar-refractivity contribution is 6.23. The minimum Gasteiger partial charge on any atom is -0.308 e. The van der Waals surface area contributed by atoms with E-state index in [0.29, 0.717) is 0 Å². The molecule has 9 rings (SSSR count). The van der Waals surface area contributed by atoms with E-state index < -0.39 is 0 Å². The molecule has 2 heteroatoms. The summed E-state index contributed by atoms with van der Waals surface area (Å²) in [5.41, 5.74) is 11.7. The molecule has 0 atom stereocenters. The van der Waals surface area contributed by atoms with Crippen molar-refractivity contribution in [1.82, 2.24) is 0 Å². The fraction of sp³-hybridized carbons (Fsp3) is 0.0400. The van der Waals surface area contributed by atoms with Gasteiger partial charge in [-0.15, -0.1) is 0 Å². The Morgan fingerprint density at radius 1 is 0.327 bits per heavy atom. The van der Waals surface area contributed by atoms with Gasteiger partial charge in [-0.2, -0.15) is 0 Å². The van der Waals surface area contributed by atoms with Gasteiger partial charge >= 0.3 is 0 Å². The molecular weight excluding hydrogens is 629 g/mol. The number of benzene rings is 8. The van der Waals surface area contributed by atoms with Gasteiger partial charge < -0.3 is 9.80 Å². The minimum atomic E-state index is 1.06. The third-order valence-corrected chi connectivity index (χ3v) is 10.1. The van der Waals surface area contributed by atoms with Crippen molar-refractivity contribution in [3.05, 3.63) is 212 Å². The maximum absolute atomic E-state index is 2.46. The number of nitrogens with zero attached hydrogens (tertiary/aromatic N) is 2. The summed E-state index contributed by atoms with van der Waals surface area (Å²) in [4.78, 5) is 4.90. The number of anilines is 6. The zero-order valence-corrected chi connectivity index (χ0v) is 28.9. The molecule has 0 N–H and O–H groups in total. The van der Waals surface area contributed by atoms with Crippen LogP contribution in [-0.4, -0.2) is 0 Å². The summed E-state index contributed by atoms with van der Waals surface area (Å²) in [5.74, 6) is 0. The summed E-state index contributed by atoms with van der Waals surface area (Å²) in [7, 11) is 0. The van der Waals surface area contributed by atoms with Crippen LogP contribution in [0, 0.1) is 0 Å². The second-order valence-electron chi connectivity index (χ2n) is 13.2. The monoisotopic (exact) mass is 666 g/mol. The summed E-state index contributed by atoms with van der Waals surface area (Å²) in [5, 5.41) is 4.82. The van der Waals surface area contributed by atoms with Crippen molar-refractivity contribution in [2.45, 2.75) is 12.8 Å². The Labute approximate surface area is 305 Å². The average Bonchev–Trinajstić information content (AvgIpc) is 3.24. The maximum atomic E-state index is 2.46. The van der Waals surface area contributed by atoms with Crippen LogP contribution in [0.25, 0.3) is 38.2 Å². The summed E-state index contributed by atoms with van der Waals surface area (Å²) in [6.07, 6.45) is 8.82. The summed E-state index contributed by atoms with van der Waals surface area (Å²) in [6, 6.07) is 68.1. The molecule has 1 aliphatic carbocycles. The maximum Gasteiger partial charge on any atom is 0.0788 e. The lowest BCUT2D eigenvalue weighted by molar-refractivity contribution is 1.05. The molecule has 248 valence electrons. The molecule has 52 heavy (non-hydrogen) atoms. The van der Waals surface area contributed by atoms with Gasteiger partial charge in [0.05, 0.1) is 11.4 Å². The van der Waals surface area contributed by atoms with E-state index in [9.17, 15) is 0 Å². The largest absolute Gasteiger partial charge is 0.308 e. The van der Waals surface area contributed by atoms with Gasteiger partial charge in [-0.05, 0) is 94.4 Å². The van der Waals surface area contributed by atoms with Crippen molar-refractivity contribution < 1.29 is 0 Å². The minimum absolute atomic E-state index is 1.06. The van der Waals surface area contributed by atoms with Crippen molar-refractivity contribution in [2.24, 2.45) is 0 Å². The van der Waals surface area contributed by atoms with E-state index in [0.717, 1.165) is 47.0 Å². The molecule has 0 fully saturated rings. The van der Waals surface area contributed by atoms with Crippen LogP contribution in [0.2, 0.25) is 0 Å². The van der Waals surface area contributed by atoms with Gasteiger partial charge in [0, 0.05) is 33.5 Å². The topological polar surface area (TPSA) is 6.48 Å².